The number of benzene rings is 2. The van der Waals surface area contributed by atoms with Crippen LogP contribution in [0, 0.1) is 0 Å². The lowest BCUT2D eigenvalue weighted by molar-refractivity contribution is -0.134. The lowest BCUT2D eigenvalue weighted by Crippen LogP contribution is -2.41. The standard InChI is InChI=1S/C24H23N5O2/c30-22(28-12-14-31-15-13-28)16-18-6-8-21(9-7-18)29-11-10-19-17-25-24(27-23(19)29)26-20-4-2-1-3-5-20/h1-11,17H,12-16H2,(H,25,26,27). The van der Waals surface area contributed by atoms with Crippen molar-refractivity contribution in [3.05, 3.63) is 78.6 Å². The molecular formula is C24H23N5O2. The molecule has 0 bridgehead atoms. The predicted molar refractivity (Wildman–Crippen MR) is 120 cm³/mol. The summed E-state index contributed by atoms with van der Waals surface area (Å²) in [5.41, 5.74) is 3.75. The largest absolute Gasteiger partial charge is 0.378 e. The van der Waals surface area contributed by atoms with E-state index in [9.17, 15) is 4.79 Å². The fraction of sp³-hybridized carbons (Fsp3) is 0.208. The van der Waals surface area contributed by atoms with Crippen molar-refractivity contribution in [1.82, 2.24) is 19.4 Å². The van der Waals surface area contributed by atoms with E-state index in [-0.39, 0.29) is 5.91 Å². The molecule has 0 unspecified atom stereocenters. The summed E-state index contributed by atoms with van der Waals surface area (Å²) in [5, 5.41) is 4.20. The molecule has 1 aliphatic heterocycles. The molecular weight excluding hydrogens is 390 g/mol. The minimum absolute atomic E-state index is 0.145. The number of nitrogens with zero attached hydrogens (tertiary/aromatic N) is 4. The number of rotatable bonds is 5. The molecule has 2 aromatic carbocycles. The summed E-state index contributed by atoms with van der Waals surface area (Å²) in [5.74, 6) is 0.693. The summed E-state index contributed by atoms with van der Waals surface area (Å²) in [6, 6.07) is 19.9. The smallest absolute Gasteiger partial charge is 0.229 e. The second-order valence-electron chi connectivity index (χ2n) is 7.49. The maximum atomic E-state index is 12.5. The molecule has 1 fully saturated rings. The Morgan fingerprint density at radius 1 is 1.00 bits per heavy atom. The van der Waals surface area contributed by atoms with Crippen LogP contribution in [0.15, 0.2) is 73.1 Å². The Hall–Kier alpha value is -3.71. The molecule has 3 heterocycles. The summed E-state index contributed by atoms with van der Waals surface area (Å²) in [4.78, 5) is 23.5. The van der Waals surface area contributed by atoms with Gasteiger partial charge in [0.1, 0.15) is 5.65 Å². The molecule has 0 atom stereocenters. The number of ether oxygens (including phenoxy) is 1. The van der Waals surface area contributed by atoms with E-state index in [1.807, 2.05) is 82.5 Å². The van der Waals surface area contributed by atoms with Crippen LogP contribution >= 0.6 is 0 Å². The minimum Gasteiger partial charge on any atom is -0.378 e. The monoisotopic (exact) mass is 413 g/mol. The summed E-state index contributed by atoms with van der Waals surface area (Å²) in [6.45, 7) is 2.58. The number of carbonyl (C=O) groups excluding carboxylic acids is 1. The number of hydrogen-bond donors (Lipinski definition) is 1. The second-order valence-corrected chi connectivity index (χ2v) is 7.49. The summed E-state index contributed by atoms with van der Waals surface area (Å²) in [7, 11) is 0. The number of amides is 1. The molecule has 7 nitrogen and oxygen atoms in total. The molecule has 1 amide bonds. The van der Waals surface area contributed by atoms with Crippen LogP contribution in [0.3, 0.4) is 0 Å². The van der Waals surface area contributed by atoms with Gasteiger partial charge in [0.25, 0.3) is 0 Å². The highest BCUT2D eigenvalue weighted by atomic mass is 16.5. The fourth-order valence-corrected chi connectivity index (χ4v) is 3.71. The Kier molecular flexibility index (Phi) is 5.33. The maximum Gasteiger partial charge on any atom is 0.229 e. The summed E-state index contributed by atoms with van der Waals surface area (Å²) in [6.07, 6.45) is 4.21. The van der Waals surface area contributed by atoms with Gasteiger partial charge in [0.15, 0.2) is 0 Å². The van der Waals surface area contributed by atoms with Crippen molar-refractivity contribution >= 4 is 28.6 Å². The van der Waals surface area contributed by atoms with Gasteiger partial charge in [-0.25, -0.2) is 4.98 Å². The van der Waals surface area contributed by atoms with Crippen molar-refractivity contribution in [2.24, 2.45) is 0 Å². The zero-order valence-corrected chi connectivity index (χ0v) is 17.1. The van der Waals surface area contributed by atoms with E-state index < -0.39 is 0 Å². The van der Waals surface area contributed by atoms with Crippen molar-refractivity contribution in [2.75, 3.05) is 31.6 Å². The Morgan fingerprint density at radius 2 is 1.77 bits per heavy atom. The molecule has 0 radical (unpaired) electrons. The van der Waals surface area contributed by atoms with Gasteiger partial charge < -0.3 is 19.5 Å². The molecule has 5 rings (SSSR count). The average Bonchev–Trinajstić information content (AvgIpc) is 3.24. The van der Waals surface area contributed by atoms with E-state index in [1.165, 1.54) is 0 Å². The SMILES string of the molecule is O=C(Cc1ccc(-n2ccc3cnc(Nc4ccccc4)nc32)cc1)N1CCOCC1. The summed E-state index contributed by atoms with van der Waals surface area (Å²) < 4.78 is 7.35. The van der Waals surface area contributed by atoms with Gasteiger partial charge in [0.05, 0.1) is 19.6 Å². The highest BCUT2D eigenvalue weighted by molar-refractivity contribution is 5.80. The van der Waals surface area contributed by atoms with Gasteiger partial charge in [0, 0.05) is 42.2 Å². The molecule has 1 N–H and O–H groups in total. The minimum atomic E-state index is 0.145. The van der Waals surface area contributed by atoms with Crippen LogP contribution in [0.4, 0.5) is 11.6 Å². The molecule has 156 valence electrons. The number of hydrogen-bond acceptors (Lipinski definition) is 5. The van der Waals surface area contributed by atoms with Crippen LogP contribution in [0.25, 0.3) is 16.7 Å². The van der Waals surface area contributed by atoms with E-state index in [1.54, 1.807) is 0 Å². The third-order valence-electron chi connectivity index (χ3n) is 5.39. The first-order chi connectivity index (χ1) is 15.3. The zero-order chi connectivity index (χ0) is 21.0. The zero-order valence-electron chi connectivity index (χ0n) is 17.1. The number of morpholine rings is 1. The normalized spacial score (nSPS) is 14.0. The topological polar surface area (TPSA) is 72.3 Å². The number of fused-ring (bicyclic) bond motifs is 1. The van der Waals surface area contributed by atoms with Crippen molar-refractivity contribution in [3.63, 3.8) is 0 Å². The first-order valence-electron chi connectivity index (χ1n) is 10.4. The second kappa shape index (κ2) is 8.57. The Bertz CT molecular complexity index is 1180. The molecule has 2 aromatic heterocycles. The van der Waals surface area contributed by atoms with Crippen LogP contribution in [0.2, 0.25) is 0 Å². The van der Waals surface area contributed by atoms with Crippen LogP contribution in [0.5, 0.6) is 0 Å². The molecule has 1 aliphatic rings. The number of aromatic nitrogens is 3. The van der Waals surface area contributed by atoms with Crippen molar-refractivity contribution in [1.29, 1.82) is 0 Å². The van der Waals surface area contributed by atoms with E-state index in [0.29, 0.717) is 38.7 Å². The highest BCUT2D eigenvalue weighted by Gasteiger charge is 2.17. The van der Waals surface area contributed by atoms with Crippen LogP contribution in [-0.2, 0) is 16.0 Å². The first-order valence-corrected chi connectivity index (χ1v) is 10.4. The molecule has 7 heteroatoms. The lowest BCUT2D eigenvalue weighted by Gasteiger charge is -2.26. The van der Waals surface area contributed by atoms with Crippen LogP contribution in [0.1, 0.15) is 5.56 Å². The Labute approximate surface area is 180 Å². The van der Waals surface area contributed by atoms with Gasteiger partial charge in [-0.1, -0.05) is 30.3 Å². The van der Waals surface area contributed by atoms with E-state index in [0.717, 1.165) is 28.0 Å². The predicted octanol–water partition coefficient (Wildman–Crippen LogP) is 3.57. The quantitative estimate of drug-likeness (QED) is 0.542. The number of para-hydroxylation sites is 1. The van der Waals surface area contributed by atoms with Crippen molar-refractivity contribution in [3.8, 4) is 5.69 Å². The third-order valence-corrected chi connectivity index (χ3v) is 5.39. The average molecular weight is 413 g/mol. The molecule has 0 spiro atoms. The first kappa shape index (κ1) is 19.3. The van der Waals surface area contributed by atoms with Gasteiger partial charge in [0.2, 0.25) is 11.9 Å². The third kappa shape index (κ3) is 4.27. The molecule has 4 aromatic rings. The molecule has 0 saturated carbocycles. The lowest BCUT2D eigenvalue weighted by atomic mass is 10.1. The van der Waals surface area contributed by atoms with Crippen molar-refractivity contribution in [2.45, 2.75) is 6.42 Å². The van der Waals surface area contributed by atoms with E-state index >= 15 is 0 Å². The van der Waals surface area contributed by atoms with Crippen LogP contribution < -0.4 is 5.32 Å². The van der Waals surface area contributed by atoms with Gasteiger partial charge in [-0.2, -0.15) is 4.98 Å². The molecule has 1 saturated heterocycles. The fourth-order valence-electron chi connectivity index (χ4n) is 3.71. The van der Waals surface area contributed by atoms with Gasteiger partial charge in [-0.05, 0) is 35.9 Å². The van der Waals surface area contributed by atoms with E-state index in [2.05, 4.69) is 10.3 Å². The maximum absolute atomic E-state index is 12.5. The molecule has 31 heavy (non-hydrogen) atoms. The highest BCUT2D eigenvalue weighted by Crippen LogP contribution is 2.21. The number of carbonyl (C=O) groups is 1. The van der Waals surface area contributed by atoms with Gasteiger partial charge in [-0.15, -0.1) is 0 Å². The van der Waals surface area contributed by atoms with Gasteiger partial charge >= 0.3 is 0 Å². The Balaban J connectivity index is 1.35. The van der Waals surface area contributed by atoms with Crippen molar-refractivity contribution < 1.29 is 9.53 Å². The Morgan fingerprint density at radius 3 is 2.55 bits per heavy atom. The molecule has 0 aliphatic carbocycles. The number of anilines is 2. The van der Waals surface area contributed by atoms with Gasteiger partial charge in [-0.3, -0.25) is 4.79 Å². The van der Waals surface area contributed by atoms with Crippen LogP contribution in [-0.4, -0.2) is 51.6 Å². The summed E-state index contributed by atoms with van der Waals surface area (Å²) >= 11 is 0. The number of nitrogens with one attached hydrogen (secondary N) is 1. The van der Waals surface area contributed by atoms with E-state index in [4.69, 9.17) is 9.72 Å².